The van der Waals surface area contributed by atoms with Gasteiger partial charge in [-0.15, -0.1) is 0 Å². The van der Waals surface area contributed by atoms with Crippen LogP contribution in [0.5, 0.6) is 0 Å². The fourth-order valence-electron chi connectivity index (χ4n) is 1.68. The largest absolute Gasteiger partial charge is 0.396 e. The van der Waals surface area contributed by atoms with Crippen LogP contribution in [0.25, 0.3) is 10.9 Å². The zero-order valence-electron chi connectivity index (χ0n) is 7.93. The number of aromatic nitrogens is 1. The van der Waals surface area contributed by atoms with Gasteiger partial charge >= 0.3 is 0 Å². The van der Waals surface area contributed by atoms with Crippen molar-refractivity contribution in [2.45, 2.75) is 6.42 Å². The van der Waals surface area contributed by atoms with E-state index in [1.165, 1.54) is 6.07 Å². The van der Waals surface area contributed by atoms with Crippen LogP contribution in [-0.2, 0) is 6.42 Å². The molecule has 0 saturated carbocycles. The number of benzene rings is 1. The molecule has 78 valence electrons. The van der Waals surface area contributed by atoms with Gasteiger partial charge in [0.2, 0.25) is 0 Å². The molecule has 5 heteroatoms. The number of H-pyrrole nitrogens is 1. The molecule has 0 amide bonds. The number of non-ortho nitro benzene ring substituents is 1. The lowest BCUT2D eigenvalue weighted by atomic mass is 10.1. The highest BCUT2D eigenvalue weighted by Gasteiger charge is 2.14. The Morgan fingerprint density at radius 3 is 2.93 bits per heavy atom. The standard InChI is InChI=1S/C10H10N2O3/c13-5-4-7-6-11-10-8(7)2-1-3-9(10)12(14)15/h1-3,6,11,13H,4-5H2. The number of aromatic amines is 1. The number of nitrogens with zero attached hydrogens (tertiary/aromatic N) is 1. The number of nitrogens with one attached hydrogen (secondary N) is 1. The molecule has 2 rings (SSSR count). The summed E-state index contributed by atoms with van der Waals surface area (Å²) in [7, 11) is 0. The van der Waals surface area contributed by atoms with Crippen molar-refractivity contribution in [3.63, 3.8) is 0 Å². The van der Waals surface area contributed by atoms with Crippen LogP contribution in [0.1, 0.15) is 5.56 Å². The highest BCUT2D eigenvalue weighted by molar-refractivity contribution is 5.90. The van der Waals surface area contributed by atoms with Crippen molar-refractivity contribution in [3.05, 3.63) is 40.1 Å². The second-order valence-electron chi connectivity index (χ2n) is 3.24. The topological polar surface area (TPSA) is 79.2 Å². The zero-order valence-corrected chi connectivity index (χ0v) is 7.93. The first-order chi connectivity index (χ1) is 7.24. The molecule has 0 spiro atoms. The van der Waals surface area contributed by atoms with Gasteiger partial charge in [-0.25, -0.2) is 0 Å². The van der Waals surface area contributed by atoms with E-state index in [-0.39, 0.29) is 12.3 Å². The number of rotatable bonds is 3. The molecule has 0 aliphatic rings. The van der Waals surface area contributed by atoms with E-state index in [9.17, 15) is 10.1 Å². The number of para-hydroxylation sites is 1. The van der Waals surface area contributed by atoms with Crippen LogP contribution in [0.4, 0.5) is 5.69 Å². The van der Waals surface area contributed by atoms with Crippen molar-refractivity contribution in [2.75, 3.05) is 6.61 Å². The summed E-state index contributed by atoms with van der Waals surface area (Å²) >= 11 is 0. The summed E-state index contributed by atoms with van der Waals surface area (Å²) < 4.78 is 0. The van der Waals surface area contributed by atoms with E-state index in [4.69, 9.17) is 5.11 Å². The number of nitro benzene ring substituents is 1. The van der Waals surface area contributed by atoms with Gasteiger partial charge in [-0.2, -0.15) is 0 Å². The van der Waals surface area contributed by atoms with Gasteiger partial charge in [0.1, 0.15) is 5.52 Å². The fraction of sp³-hybridized carbons (Fsp3) is 0.200. The van der Waals surface area contributed by atoms with Crippen LogP contribution >= 0.6 is 0 Å². The van der Waals surface area contributed by atoms with Crippen LogP contribution in [0.2, 0.25) is 0 Å². The molecule has 0 aliphatic carbocycles. The Morgan fingerprint density at radius 1 is 1.47 bits per heavy atom. The summed E-state index contributed by atoms with van der Waals surface area (Å²) in [4.78, 5) is 13.2. The third-order valence-corrected chi connectivity index (χ3v) is 2.36. The van der Waals surface area contributed by atoms with E-state index >= 15 is 0 Å². The Kier molecular flexibility index (Phi) is 2.39. The summed E-state index contributed by atoms with van der Waals surface area (Å²) in [6.07, 6.45) is 2.20. The number of fused-ring (bicyclic) bond motifs is 1. The lowest BCUT2D eigenvalue weighted by Gasteiger charge is -1.95. The number of nitro groups is 1. The van der Waals surface area contributed by atoms with E-state index in [1.54, 1.807) is 12.3 Å². The van der Waals surface area contributed by atoms with Gasteiger partial charge in [-0.05, 0) is 12.0 Å². The van der Waals surface area contributed by atoms with Crippen molar-refractivity contribution < 1.29 is 10.0 Å². The van der Waals surface area contributed by atoms with Crippen LogP contribution in [0, 0.1) is 10.1 Å². The molecule has 0 unspecified atom stereocenters. The SMILES string of the molecule is O=[N+]([O-])c1cccc2c(CCO)c[nH]c12. The predicted molar refractivity (Wildman–Crippen MR) is 55.7 cm³/mol. The fourth-order valence-corrected chi connectivity index (χ4v) is 1.68. The van der Waals surface area contributed by atoms with Gasteiger partial charge in [0.15, 0.2) is 0 Å². The minimum absolute atomic E-state index is 0.0373. The molecule has 5 nitrogen and oxygen atoms in total. The molecular formula is C10H10N2O3. The molecule has 0 atom stereocenters. The van der Waals surface area contributed by atoms with Gasteiger partial charge in [0.05, 0.1) is 4.92 Å². The Hall–Kier alpha value is -1.88. The van der Waals surface area contributed by atoms with Crippen molar-refractivity contribution in [1.29, 1.82) is 0 Å². The Morgan fingerprint density at radius 2 is 2.27 bits per heavy atom. The second kappa shape index (κ2) is 3.70. The smallest absolute Gasteiger partial charge is 0.293 e. The average molecular weight is 206 g/mol. The number of aliphatic hydroxyl groups is 1. The quantitative estimate of drug-likeness (QED) is 0.591. The first kappa shape index (κ1) is 9.67. The lowest BCUT2D eigenvalue weighted by molar-refractivity contribution is -0.383. The third kappa shape index (κ3) is 1.57. The van der Waals surface area contributed by atoms with E-state index in [0.717, 1.165) is 10.9 Å². The maximum absolute atomic E-state index is 10.7. The van der Waals surface area contributed by atoms with E-state index in [2.05, 4.69) is 4.98 Å². The molecule has 0 fully saturated rings. The molecule has 1 heterocycles. The Balaban J connectivity index is 2.63. The van der Waals surface area contributed by atoms with E-state index in [1.807, 2.05) is 6.07 Å². The average Bonchev–Trinajstić information content (AvgIpc) is 2.62. The summed E-state index contributed by atoms with van der Waals surface area (Å²) in [6, 6.07) is 4.92. The normalized spacial score (nSPS) is 10.7. The third-order valence-electron chi connectivity index (χ3n) is 2.36. The molecule has 2 aromatic rings. The highest BCUT2D eigenvalue weighted by atomic mass is 16.6. The minimum Gasteiger partial charge on any atom is -0.396 e. The van der Waals surface area contributed by atoms with Gasteiger partial charge in [-0.1, -0.05) is 12.1 Å². The van der Waals surface area contributed by atoms with Crippen molar-refractivity contribution >= 4 is 16.6 Å². The van der Waals surface area contributed by atoms with Gasteiger partial charge < -0.3 is 10.1 Å². The van der Waals surface area contributed by atoms with Gasteiger partial charge in [-0.3, -0.25) is 10.1 Å². The molecule has 0 bridgehead atoms. The monoisotopic (exact) mass is 206 g/mol. The first-order valence-electron chi connectivity index (χ1n) is 4.58. The summed E-state index contributed by atoms with van der Waals surface area (Å²) in [5.41, 5.74) is 1.49. The van der Waals surface area contributed by atoms with Gasteiger partial charge in [0.25, 0.3) is 5.69 Å². The summed E-state index contributed by atoms with van der Waals surface area (Å²) in [5, 5.41) is 20.4. The molecule has 0 saturated heterocycles. The highest BCUT2D eigenvalue weighted by Crippen LogP contribution is 2.26. The molecular weight excluding hydrogens is 196 g/mol. The molecule has 0 radical (unpaired) electrons. The number of hydrogen-bond donors (Lipinski definition) is 2. The molecule has 1 aromatic carbocycles. The van der Waals surface area contributed by atoms with Gasteiger partial charge in [0, 0.05) is 24.3 Å². The molecule has 0 aliphatic heterocycles. The minimum atomic E-state index is -0.415. The Labute approximate surface area is 85.5 Å². The van der Waals surface area contributed by atoms with Crippen LogP contribution < -0.4 is 0 Å². The predicted octanol–water partition coefficient (Wildman–Crippen LogP) is 1.61. The number of hydrogen-bond acceptors (Lipinski definition) is 3. The summed E-state index contributed by atoms with van der Waals surface area (Å²) in [6.45, 7) is 0.0373. The second-order valence-corrected chi connectivity index (χ2v) is 3.24. The summed E-state index contributed by atoms with van der Waals surface area (Å²) in [5.74, 6) is 0. The zero-order chi connectivity index (χ0) is 10.8. The van der Waals surface area contributed by atoms with Crippen molar-refractivity contribution in [3.8, 4) is 0 Å². The van der Waals surface area contributed by atoms with Crippen molar-refractivity contribution in [1.82, 2.24) is 4.98 Å². The molecule has 1 aromatic heterocycles. The van der Waals surface area contributed by atoms with E-state index in [0.29, 0.717) is 11.9 Å². The maximum atomic E-state index is 10.7. The number of aliphatic hydroxyl groups excluding tert-OH is 1. The van der Waals surface area contributed by atoms with Crippen LogP contribution in [-0.4, -0.2) is 21.6 Å². The lowest BCUT2D eigenvalue weighted by Crippen LogP contribution is -1.90. The first-order valence-corrected chi connectivity index (χ1v) is 4.58. The van der Waals surface area contributed by atoms with Crippen LogP contribution in [0.15, 0.2) is 24.4 Å². The van der Waals surface area contributed by atoms with E-state index < -0.39 is 4.92 Å². The molecule has 2 N–H and O–H groups in total. The van der Waals surface area contributed by atoms with Crippen LogP contribution in [0.3, 0.4) is 0 Å². The Bertz CT molecular complexity index is 504. The maximum Gasteiger partial charge on any atom is 0.293 e. The molecule has 15 heavy (non-hydrogen) atoms. The van der Waals surface area contributed by atoms with Crippen molar-refractivity contribution in [2.24, 2.45) is 0 Å².